The molecule has 1 amide bonds. The van der Waals surface area contributed by atoms with Gasteiger partial charge in [-0.2, -0.15) is 0 Å². The molecular formula is C19H23ClN2O4S. The second-order valence-corrected chi connectivity index (χ2v) is 8.46. The van der Waals surface area contributed by atoms with E-state index in [0.29, 0.717) is 18.0 Å². The Hall–Kier alpha value is -2.25. The highest BCUT2D eigenvalue weighted by molar-refractivity contribution is 7.92. The minimum atomic E-state index is -3.72. The fraction of sp³-hybridized carbons (Fsp3) is 0.316. The molecule has 2 rings (SSSR count). The van der Waals surface area contributed by atoms with E-state index in [9.17, 15) is 13.2 Å². The number of nitrogens with zero attached hydrogens (tertiary/aromatic N) is 1. The van der Waals surface area contributed by atoms with E-state index in [-0.39, 0.29) is 5.02 Å². The van der Waals surface area contributed by atoms with Crippen LogP contribution in [-0.4, -0.2) is 33.7 Å². The van der Waals surface area contributed by atoms with E-state index in [4.69, 9.17) is 16.3 Å². The Bertz CT molecular complexity index is 931. The molecule has 0 aliphatic heterocycles. The van der Waals surface area contributed by atoms with Gasteiger partial charge in [-0.3, -0.25) is 9.10 Å². The Morgan fingerprint density at radius 3 is 2.48 bits per heavy atom. The maximum atomic E-state index is 12.6. The summed E-state index contributed by atoms with van der Waals surface area (Å²) in [5, 5.41) is 3.06. The number of hydrogen-bond acceptors (Lipinski definition) is 4. The number of ether oxygens (including phenoxy) is 1. The van der Waals surface area contributed by atoms with E-state index < -0.39 is 22.0 Å². The zero-order valence-electron chi connectivity index (χ0n) is 15.7. The van der Waals surface area contributed by atoms with Gasteiger partial charge < -0.3 is 10.1 Å². The van der Waals surface area contributed by atoms with Gasteiger partial charge in [-0.15, -0.1) is 0 Å². The lowest BCUT2D eigenvalue weighted by Crippen LogP contribution is -2.47. The van der Waals surface area contributed by atoms with Crippen LogP contribution in [0.4, 0.5) is 5.69 Å². The second-order valence-electron chi connectivity index (χ2n) is 6.20. The molecule has 0 aliphatic rings. The van der Waals surface area contributed by atoms with E-state index in [2.05, 4.69) is 5.32 Å². The SMILES string of the molecule is COc1ccc(N([C@@H](C)C(=O)NCc2ccccc2C)S(C)(=O)=O)cc1Cl. The summed E-state index contributed by atoms with van der Waals surface area (Å²) in [6.45, 7) is 3.80. The van der Waals surface area contributed by atoms with Crippen LogP contribution in [0.2, 0.25) is 5.02 Å². The second kappa shape index (κ2) is 8.63. The van der Waals surface area contributed by atoms with Crippen molar-refractivity contribution in [2.24, 2.45) is 0 Å². The maximum Gasteiger partial charge on any atom is 0.243 e. The number of amides is 1. The molecule has 1 atom stereocenters. The highest BCUT2D eigenvalue weighted by Gasteiger charge is 2.29. The third-order valence-corrected chi connectivity index (χ3v) is 5.73. The van der Waals surface area contributed by atoms with E-state index >= 15 is 0 Å². The predicted molar refractivity (Wildman–Crippen MR) is 108 cm³/mol. The lowest BCUT2D eigenvalue weighted by Gasteiger charge is -2.28. The molecule has 0 spiro atoms. The van der Waals surface area contributed by atoms with Gasteiger partial charge in [-0.05, 0) is 43.2 Å². The number of rotatable bonds is 7. The highest BCUT2D eigenvalue weighted by atomic mass is 35.5. The van der Waals surface area contributed by atoms with Crippen LogP contribution in [0, 0.1) is 6.92 Å². The van der Waals surface area contributed by atoms with Crippen LogP contribution in [0.1, 0.15) is 18.1 Å². The standard InChI is InChI=1S/C19H23ClN2O4S/c1-13-7-5-6-8-15(13)12-21-19(23)14(2)22(27(4,24)25)16-9-10-18(26-3)17(20)11-16/h5-11,14H,12H2,1-4H3,(H,21,23)/t14-/m0/s1. The Balaban J connectivity index is 2.24. The number of halogens is 1. The van der Waals surface area contributed by atoms with Crippen LogP contribution in [0.3, 0.4) is 0 Å². The van der Waals surface area contributed by atoms with Crippen molar-refractivity contribution < 1.29 is 17.9 Å². The van der Waals surface area contributed by atoms with Crippen molar-refractivity contribution in [3.8, 4) is 5.75 Å². The molecule has 6 nitrogen and oxygen atoms in total. The Morgan fingerprint density at radius 1 is 1.26 bits per heavy atom. The molecule has 27 heavy (non-hydrogen) atoms. The minimum Gasteiger partial charge on any atom is -0.495 e. The molecule has 0 heterocycles. The summed E-state index contributed by atoms with van der Waals surface area (Å²) in [4.78, 5) is 12.6. The Kier molecular flexibility index (Phi) is 6.73. The average Bonchev–Trinajstić information content (AvgIpc) is 2.59. The summed E-state index contributed by atoms with van der Waals surface area (Å²) >= 11 is 6.12. The number of methoxy groups -OCH3 is 1. The van der Waals surface area contributed by atoms with Gasteiger partial charge >= 0.3 is 0 Å². The third kappa shape index (κ3) is 5.14. The largest absolute Gasteiger partial charge is 0.495 e. The highest BCUT2D eigenvalue weighted by Crippen LogP contribution is 2.31. The Labute approximate surface area is 165 Å². The number of aryl methyl sites for hydroxylation is 1. The summed E-state index contributed by atoms with van der Waals surface area (Å²) in [5.74, 6) is 0.0149. The van der Waals surface area contributed by atoms with Crippen molar-refractivity contribution >= 4 is 33.2 Å². The van der Waals surface area contributed by atoms with Gasteiger partial charge in [-0.25, -0.2) is 8.42 Å². The van der Waals surface area contributed by atoms with Gasteiger partial charge in [0.2, 0.25) is 15.9 Å². The van der Waals surface area contributed by atoms with Crippen LogP contribution >= 0.6 is 11.6 Å². The lowest BCUT2D eigenvalue weighted by atomic mass is 10.1. The van der Waals surface area contributed by atoms with Crippen LogP contribution in [0.15, 0.2) is 42.5 Å². The molecule has 2 aromatic carbocycles. The maximum absolute atomic E-state index is 12.6. The zero-order valence-corrected chi connectivity index (χ0v) is 17.3. The lowest BCUT2D eigenvalue weighted by molar-refractivity contribution is -0.122. The quantitative estimate of drug-likeness (QED) is 0.760. The number of nitrogens with one attached hydrogen (secondary N) is 1. The van der Waals surface area contributed by atoms with Crippen LogP contribution in [0.5, 0.6) is 5.75 Å². The normalized spacial score (nSPS) is 12.3. The average molecular weight is 411 g/mol. The van der Waals surface area contributed by atoms with Gasteiger partial charge in [0, 0.05) is 6.54 Å². The van der Waals surface area contributed by atoms with E-state index in [0.717, 1.165) is 21.7 Å². The summed E-state index contributed by atoms with van der Waals surface area (Å²) < 4.78 is 30.8. The topological polar surface area (TPSA) is 75.7 Å². The van der Waals surface area contributed by atoms with Crippen LogP contribution < -0.4 is 14.4 Å². The first-order valence-electron chi connectivity index (χ1n) is 8.30. The van der Waals surface area contributed by atoms with Crippen LogP contribution in [0.25, 0.3) is 0 Å². The molecule has 0 bridgehead atoms. The molecule has 0 radical (unpaired) electrons. The molecule has 1 N–H and O–H groups in total. The molecule has 8 heteroatoms. The fourth-order valence-electron chi connectivity index (χ4n) is 2.74. The van der Waals surface area contributed by atoms with Gasteiger partial charge in [0.25, 0.3) is 0 Å². The van der Waals surface area contributed by atoms with Gasteiger partial charge in [0.15, 0.2) is 0 Å². The fourth-order valence-corrected chi connectivity index (χ4v) is 4.16. The molecule has 0 saturated heterocycles. The number of anilines is 1. The smallest absolute Gasteiger partial charge is 0.243 e. The number of carbonyl (C=O) groups excluding carboxylic acids is 1. The van der Waals surface area contributed by atoms with Crippen molar-refractivity contribution in [1.29, 1.82) is 0 Å². The van der Waals surface area contributed by atoms with Crippen molar-refractivity contribution in [1.82, 2.24) is 5.32 Å². The molecule has 0 fully saturated rings. The molecule has 146 valence electrons. The number of sulfonamides is 1. The van der Waals surface area contributed by atoms with Crippen molar-refractivity contribution in [2.75, 3.05) is 17.7 Å². The van der Waals surface area contributed by atoms with E-state index in [1.165, 1.54) is 20.1 Å². The first-order chi connectivity index (χ1) is 12.6. The summed E-state index contributed by atoms with van der Waals surface area (Å²) in [7, 11) is -2.25. The monoisotopic (exact) mass is 410 g/mol. The molecule has 2 aromatic rings. The third-order valence-electron chi connectivity index (χ3n) is 4.19. The van der Waals surface area contributed by atoms with Gasteiger partial charge in [0.1, 0.15) is 11.8 Å². The number of carbonyl (C=O) groups is 1. The first kappa shape index (κ1) is 21.1. The number of hydrogen-bond donors (Lipinski definition) is 1. The first-order valence-corrected chi connectivity index (χ1v) is 10.5. The van der Waals surface area contributed by atoms with Gasteiger partial charge in [0.05, 0.1) is 24.1 Å². The van der Waals surface area contributed by atoms with Crippen molar-refractivity contribution in [2.45, 2.75) is 26.4 Å². The van der Waals surface area contributed by atoms with Crippen molar-refractivity contribution in [3.63, 3.8) is 0 Å². The number of benzene rings is 2. The predicted octanol–water partition coefficient (Wildman–Crippen LogP) is 3.13. The Morgan fingerprint density at radius 2 is 1.93 bits per heavy atom. The molecule has 0 saturated carbocycles. The molecule has 0 aliphatic carbocycles. The summed E-state index contributed by atoms with van der Waals surface area (Å²) in [6, 6.07) is 11.3. The molecule has 0 aromatic heterocycles. The van der Waals surface area contributed by atoms with E-state index in [1.54, 1.807) is 12.1 Å². The minimum absolute atomic E-state index is 0.260. The molecular weight excluding hydrogens is 388 g/mol. The zero-order chi connectivity index (χ0) is 20.2. The van der Waals surface area contributed by atoms with Crippen LogP contribution in [-0.2, 0) is 21.4 Å². The van der Waals surface area contributed by atoms with Crippen molar-refractivity contribution in [3.05, 3.63) is 58.6 Å². The summed E-state index contributed by atoms with van der Waals surface area (Å²) in [6.07, 6.45) is 1.05. The summed E-state index contributed by atoms with van der Waals surface area (Å²) in [5.41, 5.74) is 2.31. The van der Waals surface area contributed by atoms with E-state index in [1.807, 2.05) is 31.2 Å². The van der Waals surface area contributed by atoms with Gasteiger partial charge in [-0.1, -0.05) is 35.9 Å². The molecule has 0 unspecified atom stereocenters.